The number of carbonyl (C=O) groups is 5. The molecule has 0 unspecified atom stereocenters. The van der Waals surface area contributed by atoms with E-state index in [0.717, 1.165) is 0 Å². The maximum atomic E-state index is 11.7. The number of carbonyl (C=O) groups excluding carboxylic acids is 5. The van der Waals surface area contributed by atoms with Gasteiger partial charge in [0.05, 0.1) is 6.04 Å². The van der Waals surface area contributed by atoms with E-state index >= 15 is 0 Å². The zero-order valence-corrected chi connectivity index (χ0v) is 17.2. The molecule has 0 N–H and O–H groups in total. The molecule has 0 aliphatic carbocycles. The van der Waals surface area contributed by atoms with Gasteiger partial charge in [0.25, 0.3) is 0 Å². The molecule has 164 valence electrons. The SMILES string of the molecule is CC(=O)OCCN1C[C@H](OC(C)=O)[C@@H](OC(C)=O)[C@@H](OC(C)=O)[C@H]1COC(C)=O. The van der Waals surface area contributed by atoms with Gasteiger partial charge in [-0.15, -0.1) is 0 Å². The normalized spacial score (nSPS) is 24.2. The third-order valence-electron chi connectivity index (χ3n) is 4.02. The molecule has 11 heteroatoms. The van der Waals surface area contributed by atoms with E-state index in [9.17, 15) is 24.0 Å². The quantitative estimate of drug-likeness (QED) is 0.377. The first-order valence-corrected chi connectivity index (χ1v) is 9.03. The second kappa shape index (κ2) is 11.3. The van der Waals surface area contributed by atoms with Crippen LogP contribution >= 0.6 is 0 Å². The third-order valence-corrected chi connectivity index (χ3v) is 4.02. The summed E-state index contributed by atoms with van der Waals surface area (Å²) >= 11 is 0. The highest BCUT2D eigenvalue weighted by molar-refractivity contribution is 5.69. The Labute approximate surface area is 168 Å². The van der Waals surface area contributed by atoms with E-state index in [1.165, 1.54) is 34.6 Å². The Hall–Kier alpha value is -2.69. The summed E-state index contributed by atoms with van der Waals surface area (Å²) in [5, 5.41) is 0. The van der Waals surface area contributed by atoms with Crippen molar-refractivity contribution in [3.05, 3.63) is 0 Å². The summed E-state index contributed by atoms with van der Waals surface area (Å²) in [5.74, 6) is -2.98. The van der Waals surface area contributed by atoms with Crippen molar-refractivity contribution < 1.29 is 47.7 Å². The first kappa shape index (κ1) is 24.3. The van der Waals surface area contributed by atoms with E-state index in [0.29, 0.717) is 0 Å². The molecule has 0 bridgehead atoms. The molecule has 0 aromatic carbocycles. The van der Waals surface area contributed by atoms with Crippen LogP contribution in [0.3, 0.4) is 0 Å². The standard InChI is InChI=1S/C18H27NO10/c1-10(20)25-7-6-19-8-16(27-12(3)22)18(29-14(5)24)17(28-13(4)23)15(19)9-26-11(2)21/h15-18H,6-9H2,1-5H3/t15-,16+,17+,18-/m1/s1. The summed E-state index contributed by atoms with van der Waals surface area (Å²) in [7, 11) is 0. The van der Waals surface area contributed by atoms with E-state index in [2.05, 4.69) is 0 Å². The highest BCUT2D eigenvalue weighted by Gasteiger charge is 2.49. The second-order valence-electron chi connectivity index (χ2n) is 6.50. The van der Waals surface area contributed by atoms with Crippen molar-refractivity contribution in [2.75, 3.05) is 26.3 Å². The zero-order valence-electron chi connectivity index (χ0n) is 17.2. The Morgan fingerprint density at radius 2 is 1.24 bits per heavy atom. The molecule has 0 radical (unpaired) electrons. The number of rotatable bonds is 8. The molecule has 1 aliphatic rings. The Balaban J connectivity index is 3.23. The van der Waals surface area contributed by atoms with Crippen molar-refractivity contribution in [1.82, 2.24) is 4.90 Å². The molecule has 0 spiro atoms. The summed E-state index contributed by atoms with van der Waals surface area (Å²) in [4.78, 5) is 58.9. The van der Waals surface area contributed by atoms with Crippen LogP contribution in [0.15, 0.2) is 0 Å². The summed E-state index contributed by atoms with van der Waals surface area (Å²) in [6.07, 6.45) is -3.15. The molecule has 11 nitrogen and oxygen atoms in total. The van der Waals surface area contributed by atoms with E-state index in [-0.39, 0.29) is 26.3 Å². The lowest BCUT2D eigenvalue weighted by molar-refractivity contribution is -0.208. The van der Waals surface area contributed by atoms with Gasteiger partial charge in [-0.3, -0.25) is 28.9 Å². The van der Waals surface area contributed by atoms with Gasteiger partial charge in [-0.2, -0.15) is 0 Å². The number of esters is 5. The molecular formula is C18H27NO10. The second-order valence-corrected chi connectivity index (χ2v) is 6.50. The number of likely N-dealkylation sites (tertiary alicyclic amines) is 1. The van der Waals surface area contributed by atoms with Crippen molar-refractivity contribution in [1.29, 1.82) is 0 Å². The number of hydrogen-bond acceptors (Lipinski definition) is 11. The van der Waals surface area contributed by atoms with Crippen LogP contribution in [-0.2, 0) is 47.7 Å². The van der Waals surface area contributed by atoms with Gasteiger partial charge in [-0.25, -0.2) is 0 Å². The van der Waals surface area contributed by atoms with E-state index < -0.39 is 54.2 Å². The average molecular weight is 417 g/mol. The molecule has 1 aliphatic heterocycles. The third kappa shape index (κ3) is 8.46. The zero-order chi connectivity index (χ0) is 22.1. The van der Waals surface area contributed by atoms with Crippen molar-refractivity contribution in [3.8, 4) is 0 Å². The molecule has 4 atom stereocenters. The summed E-state index contributed by atoms with van der Waals surface area (Å²) in [6, 6.07) is -0.727. The van der Waals surface area contributed by atoms with Crippen molar-refractivity contribution in [3.63, 3.8) is 0 Å². The fourth-order valence-corrected chi connectivity index (χ4v) is 3.06. The van der Waals surface area contributed by atoms with Crippen LogP contribution in [-0.4, -0.2) is 85.4 Å². The van der Waals surface area contributed by atoms with Gasteiger partial charge in [-0.05, 0) is 0 Å². The molecule has 1 fully saturated rings. The topological polar surface area (TPSA) is 135 Å². The van der Waals surface area contributed by atoms with Gasteiger partial charge >= 0.3 is 29.8 Å². The highest BCUT2D eigenvalue weighted by Crippen LogP contribution is 2.27. The van der Waals surface area contributed by atoms with Gasteiger partial charge < -0.3 is 23.7 Å². The predicted octanol–water partition coefficient (Wildman–Crippen LogP) is -0.408. The Kier molecular flexibility index (Phi) is 9.53. The molecule has 0 saturated carbocycles. The Bertz CT molecular complexity index is 634. The minimum Gasteiger partial charge on any atom is -0.465 e. The fourth-order valence-electron chi connectivity index (χ4n) is 3.06. The van der Waals surface area contributed by atoms with Crippen molar-refractivity contribution in [2.45, 2.75) is 59.0 Å². The van der Waals surface area contributed by atoms with Crippen molar-refractivity contribution >= 4 is 29.8 Å². The lowest BCUT2D eigenvalue weighted by atomic mass is 9.93. The number of ether oxygens (including phenoxy) is 5. The predicted molar refractivity (Wildman–Crippen MR) is 95.3 cm³/mol. The van der Waals surface area contributed by atoms with Crippen LogP contribution in [0, 0.1) is 0 Å². The Morgan fingerprint density at radius 1 is 0.724 bits per heavy atom. The number of hydrogen-bond donors (Lipinski definition) is 0. The lowest BCUT2D eigenvalue weighted by Gasteiger charge is -2.46. The van der Waals surface area contributed by atoms with Crippen LogP contribution in [0.5, 0.6) is 0 Å². The molecule has 0 aromatic rings. The maximum Gasteiger partial charge on any atom is 0.303 e. The fraction of sp³-hybridized carbons (Fsp3) is 0.722. The van der Waals surface area contributed by atoms with E-state index in [4.69, 9.17) is 23.7 Å². The smallest absolute Gasteiger partial charge is 0.303 e. The van der Waals surface area contributed by atoms with Crippen LogP contribution in [0.25, 0.3) is 0 Å². The Morgan fingerprint density at radius 3 is 1.72 bits per heavy atom. The van der Waals surface area contributed by atoms with Gasteiger partial charge in [0, 0.05) is 47.7 Å². The summed E-state index contributed by atoms with van der Waals surface area (Å²) < 4.78 is 26.0. The van der Waals surface area contributed by atoms with Crippen LogP contribution in [0.4, 0.5) is 0 Å². The lowest BCUT2D eigenvalue weighted by Crippen LogP contribution is -2.66. The van der Waals surface area contributed by atoms with Crippen LogP contribution < -0.4 is 0 Å². The molecule has 0 aromatic heterocycles. The molecule has 1 saturated heterocycles. The molecule has 29 heavy (non-hydrogen) atoms. The summed E-state index contributed by atoms with van der Waals surface area (Å²) in [5.41, 5.74) is 0. The van der Waals surface area contributed by atoms with Crippen molar-refractivity contribution in [2.24, 2.45) is 0 Å². The van der Waals surface area contributed by atoms with Gasteiger partial charge in [0.2, 0.25) is 0 Å². The minimum atomic E-state index is -1.11. The maximum absolute atomic E-state index is 11.7. The highest BCUT2D eigenvalue weighted by atomic mass is 16.6. The molecule has 1 rings (SSSR count). The number of piperidine rings is 1. The largest absolute Gasteiger partial charge is 0.465 e. The molecule has 0 amide bonds. The first-order chi connectivity index (χ1) is 13.5. The van der Waals surface area contributed by atoms with E-state index in [1.54, 1.807) is 4.90 Å². The van der Waals surface area contributed by atoms with Gasteiger partial charge in [0.15, 0.2) is 18.3 Å². The van der Waals surface area contributed by atoms with Gasteiger partial charge in [-0.1, -0.05) is 0 Å². The number of nitrogens with zero attached hydrogens (tertiary/aromatic N) is 1. The summed E-state index contributed by atoms with van der Waals surface area (Å²) in [6.45, 7) is 6.08. The van der Waals surface area contributed by atoms with Gasteiger partial charge in [0.1, 0.15) is 13.2 Å². The van der Waals surface area contributed by atoms with E-state index in [1.807, 2.05) is 0 Å². The van der Waals surface area contributed by atoms with Crippen LogP contribution in [0.1, 0.15) is 34.6 Å². The average Bonchev–Trinajstić information content (AvgIpc) is 2.55. The molecular weight excluding hydrogens is 390 g/mol. The first-order valence-electron chi connectivity index (χ1n) is 9.03. The monoisotopic (exact) mass is 417 g/mol. The minimum absolute atomic E-state index is 0.00369. The van der Waals surface area contributed by atoms with Crippen LogP contribution in [0.2, 0.25) is 0 Å². The molecule has 1 heterocycles.